The summed E-state index contributed by atoms with van der Waals surface area (Å²) in [6.45, 7) is 0.297. The van der Waals surface area contributed by atoms with Crippen LogP contribution < -0.4 is 10.5 Å². The lowest BCUT2D eigenvalue weighted by atomic mass is 10.1. The molecule has 0 amide bonds. The largest absolute Gasteiger partial charge is 0.489 e. The summed E-state index contributed by atoms with van der Waals surface area (Å²) in [7, 11) is 0. The van der Waals surface area contributed by atoms with Crippen LogP contribution in [0.4, 0.5) is 0 Å². The van der Waals surface area contributed by atoms with Crippen LogP contribution in [-0.2, 0) is 17.8 Å². The molecule has 0 aliphatic heterocycles. The minimum atomic E-state index is -0.473. The number of hydrogen-bond donors (Lipinski definition) is 1. The van der Waals surface area contributed by atoms with Crippen molar-refractivity contribution >= 4 is 29.5 Å². The molecule has 0 aromatic heterocycles. The SMILES string of the molecule is N[C@H](C=O)Cc1ccc(OCc2c(Cl)cccc2Cl)cc1. The zero-order valence-corrected chi connectivity index (χ0v) is 12.8. The maximum absolute atomic E-state index is 10.5. The van der Waals surface area contributed by atoms with Gasteiger partial charge in [0.05, 0.1) is 6.04 Å². The van der Waals surface area contributed by atoms with E-state index in [2.05, 4.69) is 0 Å². The Bertz CT molecular complexity index is 594. The van der Waals surface area contributed by atoms with E-state index in [-0.39, 0.29) is 0 Å². The number of benzene rings is 2. The van der Waals surface area contributed by atoms with Gasteiger partial charge in [-0.3, -0.25) is 0 Å². The third kappa shape index (κ3) is 4.46. The molecule has 1 atom stereocenters. The molecule has 0 heterocycles. The number of aldehydes is 1. The molecule has 0 radical (unpaired) electrons. The Morgan fingerprint density at radius 1 is 1.10 bits per heavy atom. The van der Waals surface area contributed by atoms with Crippen molar-refractivity contribution in [3.63, 3.8) is 0 Å². The van der Waals surface area contributed by atoms with Crippen molar-refractivity contribution in [3.8, 4) is 5.75 Å². The zero-order chi connectivity index (χ0) is 15.2. The Morgan fingerprint density at radius 3 is 2.29 bits per heavy atom. The minimum absolute atomic E-state index is 0.297. The van der Waals surface area contributed by atoms with Gasteiger partial charge in [0.25, 0.3) is 0 Å². The predicted molar refractivity (Wildman–Crippen MR) is 85.0 cm³/mol. The van der Waals surface area contributed by atoms with Crippen LogP contribution in [-0.4, -0.2) is 12.3 Å². The lowest BCUT2D eigenvalue weighted by Crippen LogP contribution is -2.23. The molecule has 0 aliphatic carbocycles. The zero-order valence-electron chi connectivity index (χ0n) is 11.3. The van der Waals surface area contributed by atoms with Crippen LogP contribution in [0.1, 0.15) is 11.1 Å². The lowest BCUT2D eigenvalue weighted by molar-refractivity contribution is -0.108. The average molecular weight is 324 g/mol. The van der Waals surface area contributed by atoms with Crippen LogP contribution >= 0.6 is 23.2 Å². The van der Waals surface area contributed by atoms with Gasteiger partial charge in [-0.1, -0.05) is 41.4 Å². The molecule has 2 aromatic rings. The molecule has 0 bridgehead atoms. The molecule has 0 saturated heterocycles. The standard InChI is InChI=1S/C16H15Cl2NO2/c17-15-2-1-3-16(18)14(15)10-21-13-6-4-11(5-7-13)8-12(19)9-20/h1-7,9,12H,8,10,19H2/t12-/m0/s1. The highest BCUT2D eigenvalue weighted by Crippen LogP contribution is 2.26. The summed E-state index contributed by atoms with van der Waals surface area (Å²) in [6.07, 6.45) is 1.25. The topological polar surface area (TPSA) is 52.3 Å². The second kappa shape index (κ2) is 7.46. The maximum Gasteiger partial charge on any atom is 0.137 e. The summed E-state index contributed by atoms with van der Waals surface area (Å²) < 4.78 is 5.67. The number of carbonyl (C=O) groups is 1. The van der Waals surface area contributed by atoms with E-state index in [0.29, 0.717) is 28.8 Å². The molecule has 2 rings (SSSR count). The number of carbonyl (C=O) groups excluding carboxylic acids is 1. The summed E-state index contributed by atoms with van der Waals surface area (Å²) in [4.78, 5) is 10.5. The van der Waals surface area contributed by atoms with E-state index < -0.39 is 6.04 Å². The fourth-order valence-electron chi connectivity index (χ4n) is 1.87. The van der Waals surface area contributed by atoms with E-state index in [4.69, 9.17) is 33.7 Å². The maximum atomic E-state index is 10.5. The lowest BCUT2D eigenvalue weighted by Gasteiger charge is -2.10. The molecule has 3 nitrogen and oxygen atoms in total. The first-order chi connectivity index (χ1) is 10.1. The fraction of sp³-hybridized carbons (Fsp3) is 0.188. The van der Waals surface area contributed by atoms with Gasteiger partial charge >= 0.3 is 0 Å². The number of hydrogen-bond acceptors (Lipinski definition) is 3. The molecule has 5 heteroatoms. The van der Waals surface area contributed by atoms with E-state index in [9.17, 15) is 4.79 Å². The van der Waals surface area contributed by atoms with E-state index in [1.54, 1.807) is 18.2 Å². The Labute approximate surface area is 133 Å². The molecule has 0 saturated carbocycles. The molecular weight excluding hydrogens is 309 g/mol. The summed E-state index contributed by atoms with van der Waals surface area (Å²) in [5.74, 6) is 0.703. The summed E-state index contributed by atoms with van der Waals surface area (Å²) >= 11 is 12.2. The molecule has 0 aliphatic rings. The van der Waals surface area contributed by atoms with Gasteiger partial charge in [0, 0.05) is 15.6 Å². The minimum Gasteiger partial charge on any atom is -0.489 e. The molecule has 110 valence electrons. The van der Waals surface area contributed by atoms with Crippen molar-refractivity contribution in [2.24, 2.45) is 5.73 Å². The van der Waals surface area contributed by atoms with Crippen LogP contribution in [0.15, 0.2) is 42.5 Å². The Hall–Kier alpha value is -1.55. The van der Waals surface area contributed by atoms with E-state index in [1.165, 1.54) is 0 Å². The van der Waals surface area contributed by atoms with E-state index in [1.807, 2.05) is 24.3 Å². The van der Waals surface area contributed by atoms with Gasteiger partial charge in [-0.15, -0.1) is 0 Å². The van der Waals surface area contributed by atoms with E-state index >= 15 is 0 Å². The smallest absolute Gasteiger partial charge is 0.137 e. The molecule has 2 N–H and O–H groups in total. The van der Waals surface area contributed by atoms with Crippen LogP contribution in [0.2, 0.25) is 10.0 Å². The average Bonchev–Trinajstić information content (AvgIpc) is 2.48. The first-order valence-corrected chi connectivity index (χ1v) is 7.21. The first kappa shape index (κ1) is 15.8. The number of nitrogens with two attached hydrogens (primary N) is 1. The summed E-state index contributed by atoms with van der Waals surface area (Å²) in [5, 5.41) is 1.16. The summed E-state index contributed by atoms with van der Waals surface area (Å²) in [6, 6.07) is 12.3. The van der Waals surface area contributed by atoms with Crippen molar-refractivity contribution in [1.29, 1.82) is 0 Å². The van der Waals surface area contributed by atoms with Crippen LogP contribution in [0.25, 0.3) is 0 Å². The van der Waals surface area contributed by atoms with Crippen LogP contribution in [0, 0.1) is 0 Å². The normalized spacial score (nSPS) is 12.0. The second-order valence-electron chi connectivity index (χ2n) is 4.64. The molecular formula is C16H15Cl2NO2. The van der Waals surface area contributed by atoms with Gasteiger partial charge < -0.3 is 15.3 Å². The van der Waals surface area contributed by atoms with Gasteiger partial charge in [-0.05, 0) is 36.2 Å². The van der Waals surface area contributed by atoms with Crippen molar-refractivity contribution in [2.75, 3.05) is 0 Å². The molecule has 0 unspecified atom stereocenters. The van der Waals surface area contributed by atoms with Crippen molar-refractivity contribution in [1.82, 2.24) is 0 Å². The molecule has 2 aromatic carbocycles. The van der Waals surface area contributed by atoms with Crippen molar-refractivity contribution in [3.05, 3.63) is 63.6 Å². The highest BCUT2D eigenvalue weighted by Gasteiger charge is 2.07. The summed E-state index contributed by atoms with van der Waals surface area (Å²) in [5.41, 5.74) is 7.32. The number of rotatable bonds is 6. The van der Waals surface area contributed by atoms with Crippen molar-refractivity contribution < 1.29 is 9.53 Å². The van der Waals surface area contributed by atoms with Gasteiger partial charge in [0.2, 0.25) is 0 Å². The first-order valence-electron chi connectivity index (χ1n) is 6.45. The number of ether oxygens (including phenoxy) is 1. The monoisotopic (exact) mass is 323 g/mol. The fourth-order valence-corrected chi connectivity index (χ4v) is 2.37. The molecule has 0 fully saturated rings. The van der Waals surface area contributed by atoms with Crippen LogP contribution in [0.5, 0.6) is 5.75 Å². The molecule has 21 heavy (non-hydrogen) atoms. The Balaban J connectivity index is 1.99. The Kier molecular flexibility index (Phi) is 5.62. The van der Waals surface area contributed by atoms with Crippen LogP contribution in [0.3, 0.4) is 0 Å². The third-order valence-corrected chi connectivity index (χ3v) is 3.72. The second-order valence-corrected chi connectivity index (χ2v) is 5.45. The van der Waals surface area contributed by atoms with Gasteiger partial charge in [-0.25, -0.2) is 0 Å². The number of halogens is 2. The Morgan fingerprint density at radius 2 is 1.71 bits per heavy atom. The third-order valence-electron chi connectivity index (χ3n) is 3.01. The highest BCUT2D eigenvalue weighted by atomic mass is 35.5. The van der Waals surface area contributed by atoms with Gasteiger partial charge in [0.1, 0.15) is 18.6 Å². The molecule has 0 spiro atoms. The quantitative estimate of drug-likeness (QED) is 0.826. The van der Waals surface area contributed by atoms with Gasteiger partial charge in [-0.2, -0.15) is 0 Å². The van der Waals surface area contributed by atoms with Gasteiger partial charge in [0.15, 0.2) is 0 Å². The van der Waals surface area contributed by atoms with Crippen molar-refractivity contribution in [2.45, 2.75) is 19.1 Å². The predicted octanol–water partition coefficient (Wildman–Crippen LogP) is 3.64. The van der Waals surface area contributed by atoms with E-state index in [0.717, 1.165) is 17.4 Å². The highest BCUT2D eigenvalue weighted by molar-refractivity contribution is 6.35.